The zero-order valence-corrected chi connectivity index (χ0v) is 13.0. The van der Waals surface area contributed by atoms with E-state index in [0.717, 1.165) is 29.7 Å². The van der Waals surface area contributed by atoms with Crippen LogP contribution in [0.4, 0.5) is 0 Å². The average Bonchev–Trinajstić information content (AvgIpc) is 2.74. The molecule has 0 aliphatic carbocycles. The Bertz CT molecular complexity index is 525. The lowest BCUT2D eigenvalue weighted by atomic mass is 9.99. The van der Waals surface area contributed by atoms with Crippen LogP contribution in [0.2, 0.25) is 0 Å². The van der Waals surface area contributed by atoms with Crippen LogP contribution in [0.5, 0.6) is 5.75 Å². The first-order valence-corrected chi connectivity index (χ1v) is 7.70. The molecular formula is C17H23NO3. The van der Waals surface area contributed by atoms with Gasteiger partial charge in [0.05, 0.1) is 32.4 Å². The van der Waals surface area contributed by atoms with E-state index in [1.807, 2.05) is 23.1 Å². The summed E-state index contributed by atoms with van der Waals surface area (Å²) in [6.45, 7) is 5.59. The molecule has 2 fully saturated rings. The third-order valence-electron chi connectivity index (χ3n) is 4.58. The van der Waals surface area contributed by atoms with Crippen molar-refractivity contribution in [2.24, 2.45) is 0 Å². The molecule has 0 saturated carbocycles. The van der Waals surface area contributed by atoms with Crippen molar-refractivity contribution in [3.05, 3.63) is 29.3 Å². The van der Waals surface area contributed by atoms with Crippen molar-refractivity contribution in [2.45, 2.75) is 44.7 Å². The lowest BCUT2D eigenvalue weighted by molar-refractivity contribution is -0.00717. The van der Waals surface area contributed by atoms with Gasteiger partial charge in [-0.15, -0.1) is 0 Å². The Kier molecular flexibility index (Phi) is 3.89. The zero-order valence-electron chi connectivity index (χ0n) is 13.0. The minimum Gasteiger partial charge on any atom is -0.496 e. The Balaban J connectivity index is 1.88. The lowest BCUT2D eigenvalue weighted by Gasteiger charge is -2.34. The molecule has 2 aliphatic rings. The van der Waals surface area contributed by atoms with Crippen molar-refractivity contribution in [2.75, 3.05) is 20.3 Å². The van der Waals surface area contributed by atoms with Gasteiger partial charge in [-0.05, 0) is 36.5 Å². The van der Waals surface area contributed by atoms with Gasteiger partial charge in [-0.3, -0.25) is 4.79 Å². The monoisotopic (exact) mass is 289 g/mol. The first kappa shape index (κ1) is 14.4. The first-order valence-electron chi connectivity index (χ1n) is 7.70. The number of carbonyl (C=O) groups excluding carboxylic acids is 1. The summed E-state index contributed by atoms with van der Waals surface area (Å²) in [5.74, 6) is 1.29. The van der Waals surface area contributed by atoms with Gasteiger partial charge >= 0.3 is 0 Å². The molecule has 3 rings (SSSR count). The number of hydrogen-bond donors (Lipinski definition) is 0. The highest BCUT2D eigenvalue weighted by Gasteiger charge is 2.40. The molecule has 2 atom stereocenters. The molecule has 2 heterocycles. The molecule has 0 aromatic heterocycles. The average molecular weight is 289 g/mol. The fourth-order valence-corrected chi connectivity index (χ4v) is 3.43. The van der Waals surface area contributed by atoms with Gasteiger partial charge in [0, 0.05) is 5.56 Å². The Hall–Kier alpha value is -1.55. The van der Waals surface area contributed by atoms with Gasteiger partial charge in [-0.1, -0.05) is 19.9 Å². The number of carbonyl (C=O) groups is 1. The van der Waals surface area contributed by atoms with Gasteiger partial charge in [0.2, 0.25) is 0 Å². The van der Waals surface area contributed by atoms with Gasteiger partial charge in [0.15, 0.2) is 0 Å². The lowest BCUT2D eigenvalue weighted by Crippen LogP contribution is -2.49. The van der Waals surface area contributed by atoms with Crippen molar-refractivity contribution in [3.63, 3.8) is 0 Å². The van der Waals surface area contributed by atoms with Gasteiger partial charge < -0.3 is 14.4 Å². The number of amides is 1. The zero-order chi connectivity index (χ0) is 15.0. The van der Waals surface area contributed by atoms with Gasteiger partial charge in [-0.2, -0.15) is 0 Å². The normalized spacial score (nSPS) is 24.5. The number of rotatable bonds is 3. The number of methoxy groups -OCH3 is 1. The highest BCUT2D eigenvalue weighted by Crippen LogP contribution is 2.32. The van der Waals surface area contributed by atoms with Crippen LogP contribution in [0, 0.1) is 0 Å². The number of nitrogens with zero attached hydrogens (tertiary/aromatic N) is 1. The summed E-state index contributed by atoms with van der Waals surface area (Å²) in [4.78, 5) is 14.8. The molecule has 21 heavy (non-hydrogen) atoms. The van der Waals surface area contributed by atoms with Crippen LogP contribution in [0.3, 0.4) is 0 Å². The second-order valence-corrected chi connectivity index (χ2v) is 6.25. The molecular weight excluding hydrogens is 266 g/mol. The molecule has 4 heteroatoms. The van der Waals surface area contributed by atoms with E-state index >= 15 is 0 Å². The smallest absolute Gasteiger partial charge is 0.254 e. The molecule has 114 valence electrons. The number of fused-ring (bicyclic) bond motifs is 2. The molecule has 2 bridgehead atoms. The molecule has 0 N–H and O–H groups in total. The second-order valence-electron chi connectivity index (χ2n) is 6.25. The van der Waals surface area contributed by atoms with Gasteiger partial charge in [0.1, 0.15) is 5.75 Å². The van der Waals surface area contributed by atoms with Gasteiger partial charge in [0.25, 0.3) is 5.91 Å². The SMILES string of the molecule is COc1cc(C(=O)N2C3CCC2COC3)ccc1C(C)C. The summed E-state index contributed by atoms with van der Waals surface area (Å²) in [6.07, 6.45) is 2.11. The largest absolute Gasteiger partial charge is 0.496 e. The van der Waals surface area contributed by atoms with Crippen LogP contribution >= 0.6 is 0 Å². The molecule has 2 unspecified atom stereocenters. The maximum Gasteiger partial charge on any atom is 0.254 e. The molecule has 1 aromatic carbocycles. The van der Waals surface area contributed by atoms with E-state index < -0.39 is 0 Å². The molecule has 0 radical (unpaired) electrons. The molecule has 4 nitrogen and oxygen atoms in total. The van der Waals surface area contributed by atoms with E-state index in [4.69, 9.17) is 9.47 Å². The Labute approximate surface area is 126 Å². The highest BCUT2D eigenvalue weighted by molar-refractivity contribution is 5.95. The Morgan fingerprint density at radius 3 is 2.52 bits per heavy atom. The minimum atomic E-state index is 0.111. The minimum absolute atomic E-state index is 0.111. The van der Waals surface area contributed by atoms with Crippen LogP contribution in [-0.2, 0) is 4.74 Å². The first-order chi connectivity index (χ1) is 10.1. The second kappa shape index (κ2) is 5.68. The molecule has 1 aromatic rings. The summed E-state index contributed by atoms with van der Waals surface area (Å²) >= 11 is 0. The topological polar surface area (TPSA) is 38.8 Å². The quantitative estimate of drug-likeness (QED) is 0.859. The third kappa shape index (κ3) is 2.53. The maximum atomic E-state index is 12.8. The fourth-order valence-electron chi connectivity index (χ4n) is 3.43. The molecule has 0 spiro atoms. The summed E-state index contributed by atoms with van der Waals surface area (Å²) in [5.41, 5.74) is 1.86. The van der Waals surface area contributed by atoms with Crippen LogP contribution < -0.4 is 4.74 Å². The summed E-state index contributed by atoms with van der Waals surface area (Å²) in [6, 6.07) is 6.31. The van der Waals surface area contributed by atoms with Crippen molar-refractivity contribution < 1.29 is 14.3 Å². The third-order valence-corrected chi connectivity index (χ3v) is 4.58. The van der Waals surface area contributed by atoms with Crippen LogP contribution in [0.1, 0.15) is 48.5 Å². The molecule has 2 saturated heterocycles. The van der Waals surface area contributed by atoms with Crippen LogP contribution in [0.15, 0.2) is 18.2 Å². The molecule has 2 aliphatic heterocycles. The Morgan fingerprint density at radius 1 is 1.29 bits per heavy atom. The standard InChI is InChI=1S/C17H23NO3/c1-11(2)15-7-4-12(8-16(15)20-3)17(19)18-13-5-6-14(18)10-21-9-13/h4,7-8,11,13-14H,5-6,9-10H2,1-3H3. The van der Waals surface area contributed by atoms with E-state index in [2.05, 4.69) is 13.8 Å². The number of hydrogen-bond acceptors (Lipinski definition) is 3. The van der Waals surface area contributed by atoms with E-state index in [0.29, 0.717) is 19.1 Å². The summed E-state index contributed by atoms with van der Waals surface area (Å²) in [7, 11) is 1.66. The predicted molar refractivity (Wildman–Crippen MR) is 80.9 cm³/mol. The van der Waals surface area contributed by atoms with Crippen LogP contribution in [0.25, 0.3) is 0 Å². The highest BCUT2D eigenvalue weighted by atomic mass is 16.5. The van der Waals surface area contributed by atoms with Crippen LogP contribution in [-0.4, -0.2) is 43.2 Å². The predicted octanol–water partition coefficient (Wildman–Crippen LogP) is 2.82. The summed E-state index contributed by atoms with van der Waals surface area (Å²) < 4.78 is 11.0. The van der Waals surface area contributed by atoms with Crippen molar-refractivity contribution in [1.82, 2.24) is 4.90 Å². The van der Waals surface area contributed by atoms with E-state index in [1.54, 1.807) is 7.11 Å². The summed E-state index contributed by atoms with van der Waals surface area (Å²) in [5, 5.41) is 0. The number of morpholine rings is 1. The maximum absolute atomic E-state index is 12.8. The van der Waals surface area contributed by atoms with Crippen molar-refractivity contribution in [3.8, 4) is 5.75 Å². The Morgan fingerprint density at radius 2 is 1.95 bits per heavy atom. The number of ether oxygens (including phenoxy) is 2. The van der Waals surface area contributed by atoms with Crippen molar-refractivity contribution in [1.29, 1.82) is 0 Å². The molecule has 1 amide bonds. The van der Waals surface area contributed by atoms with Gasteiger partial charge in [-0.25, -0.2) is 0 Å². The van der Waals surface area contributed by atoms with E-state index in [-0.39, 0.29) is 18.0 Å². The fraction of sp³-hybridized carbons (Fsp3) is 0.588. The van der Waals surface area contributed by atoms with E-state index in [1.165, 1.54) is 0 Å². The van der Waals surface area contributed by atoms with E-state index in [9.17, 15) is 4.79 Å². The number of benzene rings is 1. The van der Waals surface area contributed by atoms with Crippen molar-refractivity contribution >= 4 is 5.91 Å².